The highest BCUT2D eigenvalue weighted by Gasteiger charge is 2.06. The van der Waals surface area contributed by atoms with Crippen molar-refractivity contribution in [3.05, 3.63) is 76.0 Å². The van der Waals surface area contributed by atoms with Gasteiger partial charge >= 0.3 is 5.97 Å². The second-order valence-corrected chi connectivity index (χ2v) is 6.10. The van der Waals surface area contributed by atoms with Gasteiger partial charge in [0.25, 0.3) is 5.91 Å². The van der Waals surface area contributed by atoms with Crippen LogP contribution in [0.3, 0.4) is 0 Å². The molecule has 6 heteroatoms. The molecule has 0 bridgehead atoms. The molecule has 2 rings (SSSR count). The minimum absolute atomic E-state index is 0.269. The first-order valence-corrected chi connectivity index (χ1v) is 8.44. The first kappa shape index (κ1) is 18.9. The van der Waals surface area contributed by atoms with E-state index in [2.05, 4.69) is 21.2 Å². The molecular formula is C19H17BrFNO3. The van der Waals surface area contributed by atoms with E-state index in [-0.39, 0.29) is 19.0 Å². The molecule has 0 saturated heterocycles. The fourth-order valence-corrected chi connectivity index (χ4v) is 2.47. The van der Waals surface area contributed by atoms with Gasteiger partial charge < -0.3 is 10.1 Å². The van der Waals surface area contributed by atoms with Crippen LogP contribution in [-0.4, -0.2) is 25.0 Å². The van der Waals surface area contributed by atoms with Gasteiger partial charge in [-0.25, -0.2) is 9.18 Å². The summed E-state index contributed by atoms with van der Waals surface area (Å²) in [5, 5.41) is 2.58. The Bertz CT molecular complexity index is 777. The smallest absolute Gasteiger partial charge is 0.331 e. The van der Waals surface area contributed by atoms with Crippen molar-refractivity contribution in [2.45, 2.75) is 6.42 Å². The second kappa shape index (κ2) is 9.74. The number of benzene rings is 2. The van der Waals surface area contributed by atoms with Gasteiger partial charge in [-0.2, -0.15) is 0 Å². The van der Waals surface area contributed by atoms with E-state index < -0.39 is 11.9 Å². The third-order valence-corrected chi connectivity index (χ3v) is 3.77. The summed E-state index contributed by atoms with van der Waals surface area (Å²) in [6.45, 7) is -0.107. The Balaban J connectivity index is 1.69. The van der Waals surface area contributed by atoms with Crippen LogP contribution in [0.4, 0.5) is 4.39 Å². The molecular weight excluding hydrogens is 389 g/mol. The van der Waals surface area contributed by atoms with Crippen molar-refractivity contribution >= 4 is 33.9 Å². The van der Waals surface area contributed by atoms with E-state index in [0.717, 1.165) is 10.0 Å². The SMILES string of the molecule is O=C(COC(=O)/C=C/c1cccc(Br)c1)NCCc1ccccc1F. The number of rotatable bonds is 7. The zero-order chi connectivity index (χ0) is 18.1. The molecule has 0 aliphatic rings. The molecule has 0 atom stereocenters. The number of carbonyl (C=O) groups is 2. The number of halogens is 2. The van der Waals surface area contributed by atoms with Gasteiger partial charge in [-0.05, 0) is 41.8 Å². The highest BCUT2D eigenvalue weighted by molar-refractivity contribution is 9.10. The normalized spacial score (nSPS) is 10.6. The largest absolute Gasteiger partial charge is 0.452 e. The fourth-order valence-electron chi connectivity index (χ4n) is 2.05. The Labute approximate surface area is 153 Å². The minimum Gasteiger partial charge on any atom is -0.452 e. The van der Waals surface area contributed by atoms with E-state index in [0.29, 0.717) is 12.0 Å². The van der Waals surface area contributed by atoms with Gasteiger partial charge in [-0.1, -0.05) is 46.3 Å². The molecule has 0 fully saturated rings. The number of hydrogen-bond acceptors (Lipinski definition) is 3. The highest BCUT2D eigenvalue weighted by Crippen LogP contribution is 2.12. The van der Waals surface area contributed by atoms with Gasteiger partial charge in [0.2, 0.25) is 0 Å². The van der Waals surface area contributed by atoms with Crippen LogP contribution in [0, 0.1) is 5.82 Å². The molecule has 2 aromatic rings. The summed E-state index contributed by atoms with van der Waals surface area (Å²) >= 11 is 3.34. The average Bonchev–Trinajstić information content (AvgIpc) is 2.60. The lowest BCUT2D eigenvalue weighted by Gasteiger charge is -2.06. The van der Waals surface area contributed by atoms with Crippen molar-refractivity contribution in [2.24, 2.45) is 0 Å². The van der Waals surface area contributed by atoms with Gasteiger partial charge in [0.05, 0.1) is 0 Å². The number of amides is 1. The molecule has 0 spiro atoms. The number of carbonyl (C=O) groups excluding carboxylic acids is 2. The standard InChI is InChI=1S/C19H17BrFNO3/c20-16-6-3-4-14(12-16)8-9-19(24)25-13-18(23)22-11-10-15-5-1-2-7-17(15)21/h1-9,12H,10-11,13H2,(H,22,23)/b9-8+. The van der Waals surface area contributed by atoms with E-state index in [4.69, 9.17) is 4.74 Å². The van der Waals surface area contributed by atoms with Crippen molar-refractivity contribution in [1.82, 2.24) is 5.32 Å². The van der Waals surface area contributed by atoms with E-state index >= 15 is 0 Å². The van der Waals surface area contributed by atoms with Crippen molar-refractivity contribution in [3.63, 3.8) is 0 Å². The predicted octanol–water partition coefficient (Wildman–Crippen LogP) is 3.50. The Hall–Kier alpha value is -2.47. The molecule has 1 N–H and O–H groups in total. The first-order valence-electron chi connectivity index (χ1n) is 7.65. The van der Waals surface area contributed by atoms with Gasteiger partial charge in [0, 0.05) is 17.1 Å². The molecule has 0 aromatic heterocycles. The van der Waals surface area contributed by atoms with E-state index in [1.54, 1.807) is 24.3 Å². The molecule has 0 unspecified atom stereocenters. The Morgan fingerprint density at radius 1 is 1.16 bits per heavy atom. The fraction of sp³-hybridized carbons (Fsp3) is 0.158. The Morgan fingerprint density at radius 2 is 1.96 bits per heavy atom. The molecule has 0 aliphatic heterocycles. The van der Waals surface area contributed by atoms with Crippen molar-refractivity contribution < 1.29 is 18.7 Å². The van der Waals surface area contributed by atoms with Crippen LogP contribution in [0.5, 0.6) is 0 Å². The summed E-state index contributed by atoms with van der Waals surface area (Å²) in [6.07, 6.45) is 3.23. The molecule has 2 aromatic carbocycles. The molecule has 130 valence electrons. The summed E-state index contributed by atoms with van der Waals surface area (Å²) in [6, 6.07) is 13.8. The monoisotopic (exact) mass is 405 g/mol. The summed E-state index contributed by atoms with van der Waals surface area (Å²) < 4.78 is 19.2. The molecule has 0 heterocycles. The van der Waals surface area contributed by atoms with Crippen LogP contribution in [0.2, 0.25) is 0 Å². The number of esters is 1. The summed E-state index contributed by atoms with van der Waals surface area (Å²) in [5.41, 5.74) is 1.36. The van der Waals surface area contributed by atoms with Crippen LogP contribution in [0.15, 0.2) is 59.1 Å². The zero-order valence-corrected chi connectivity index (χ0v) is 15.0. The van der Waals surface area contributed by atoms with Gasteiger partial charge in [0.1, 0.15) is 5.82 Å². The van der Waals surface area contributed by atoms with Crippen molar-refractivity contribution in [2.75, 3.05) is 13.2 Å². The van der Waals surface area contributed by atoms with Gasteiger partial charge in [-0.3, -0.25) is 4.79 Å². The average molecular weight is 406 g/mol. The van der Waals surface area contributed by atoms with E-state index in [9.17, 15) is 14.0 Å². The first-order chi connectivity index (χ1) is 12.0. The number of nitrogens with one attached hydrogen (secondary N) is 1. The lowest BCUT2D eigenvalue weighted by molar-refractivity contribution is -0.143. The highest BCUT2D eigenvalue weighted by atomic mass is 79.9. The third-order valence-electron chi connectivity index (χ3n) is 3.28. The lowest BCUT2D eigenvalue weighted by Crippen LogP contribution is -2.30. The summed E-state index contributed by atoms with van der Waals surface area (Å²) in [7, 11) is 0. The maximum absolute atomic E-state index is 13.4. The van der Waals surface area contributed by atoms with Crippen LogP contribution < -0.4 is 5.32 Å². The topological polar surface area (TPSA) is 55.4 Å². The van der Waals surface area contributed by atoms with Crippen molar-refractivity contribution in [3.8, 4) is 0 Å². The predicted molar refractivity (Wildman–Crippen MR) is 97.2 cm³/mol. The Morgan fingerprint density at radius 3 is 2.72 bits per heavy atom. The third kappa shape index (κ3) is 6.89. The van der Waals surface area contributed by atoms with Crippen LogP contribution in [0.1, 0.15) is 11.1 Å². The molecule has 1 amide bonds. The zero-order valence-electron chi connectivity index (χ0n) is 13.4. The van der Waals surface area contributed by atoms with Crippen LogP contribution in [-0.2, 0) is 20.7 Å². The Kier molecular flexibility index (Phi) is 7.35. The summed E-state index contributed by atoms with van der Waals surface area (Å²) in [4.78, 5) is 23.2. The van der Waals surface area contributed by atoms with E-state index in [1.807, 2.05) is 24.3 Å². The quantitative estimate of drug-likeness (QED) is 0.566. The van der Waals surface area contributed by atoms with Crippen LogP contribution in [0.25, 0.3) is 6.08 Å². The lowest BCUT2D eigenvalue weighted by atomic mass is 10.1. The van der Waals surface area contributed by atoms with Gasteiger partial charge in [-0.15, -0.1) is 0 Å². The number of ether oxygens (including phenoxy) is 1. The van der Waals surface area contributed by atoms with Crippen molar-refractivity contribution in [1.29, 1.82) is 0 Å². The number of hydrogen-bond donors (Lipinski definition) is 1. The minimum atomic E-state index is -0.607. The maximum Gasteiger partial charge on any atom is 0.331 e. The second-order valence-electron chi connectivity index (χ2n) is 5.19. The van der Waals surface area contributed by atoms with Crippen LogP contribution >= 0.6 is 15.9 Å². The molecule has 25 heavy (non-hydrogen) atoms. The molecule has 0 saturated carbocycles. The molecule has 0 radical (unpaired) electrons. The maximum atomic E-state index is 13.4. The summed E-state index contributed by atoms with van der Waals surface area (Å²) in [5.74, 6) is -1.34. The molecule has 0 aliphatic carbocycles. The molecule has 4 nitrogen and oxygen atoms in total. The van der Waals surface area contributed by atoms with Gasteiger partial charge in [0.15, 0.2) is 6.61 Å². The van der Waals surface area contributed by atoms with E-state index in [1.165, 1.54) is 12.1 Å².